The highest BCUT2D eigenvalue weighted by Gasteiger charge is 2.13. The first-order chi connectivity index (χ1) is 20.8. The van der Waals surface area contributed by atoms with Crippen molar-refractivity contribution in [1.29, 1.82) is 0 Å². The molecule has 226 valence electrons. The third-order valence-electron chi connectivity index (χ3n) is 9.35. The molecule has 0 aliphatic rings. The van der Waals surface area contributed by atoms with Gasteiger partial charge in [0.25, 0.3) is 0 Å². The average molecular weight is 567 g/mol. The van der Waals surface area contributed by atoms with E-state index in [2.05, 4.69) is 62.4 Å². The summed E-state index contributed by atoms with van der Waals surface area (Å²) < 4.78 is 12.6. The van der Waals surface area contributed by atoms with Crippen LogP contribution in [0.25, 0.3) is 43.5 Å². The van der Waals surface area contributed by atoms with Crippen LogP contribution in [-0.2, 0) is 12.8 Å². The lowest BCUT2D eigenvalue weighted by atomic mass is 9.97. The molecule has 42 heavy (non-hydrogen) atoms. The van der Waals surface area contributed by atoms with Gasteiger partial charge in [0, 0.05) is 23.6 Å². The number of furan rings is 2. The first-order valence-electron chi connectivity index (χ1n) is 17.6. The van der Waals surface area contributed by atoms with Crippen LogP contribution < -0.4 is 0 Å². The van der Waals surface area contributed by atoms with Crippen LogP contribution in [-0.4, -0.2) is 0 Å². The first-order valence-corrected chi connectivity index (χ1v) is 17.6. The molecule has 2 aromatic heterocycles. The van der Waals surface area contributed by atoms with Crippen LogP contribution in [0.1, 0.15) is 141 Å². The molecule has 2 heterocycles. The minimum absolute atomic E-state index is 1.01. The highest BCUT2D eigenvalue weighted by Crippen LogP contribution is 2.37. The fourth-order valence-electron chi connectivity index (χ4n) is 6.83. The van der Waals surface area contributed by atoms with Gasteiger partial charge in [0.15, 0.2) is 0 Å². The maximum absolute atomic E-state index is 6.30. The Hall–Kier alpha value is -2.74. The summed E-state index contributed by atoms with van der Waals surface area (Å²) in [6, 6.07) is 18.0. The van der Waals surface area contributed by atoms with E-state index in [0.29, 0.717) is 0 Å². The highest BCUT2D eigenvalue weighted by molar-refractivity contribution is 6.21. The van der Waals surface area contributed by atoms with Crippen molar-refractivity contribution >= 4 is 43.5 Å². The van der Waals surface area contributed by atoms with Gasteiger partial charge in [0.05, 0.1) is 0 Å². The molecule has 0 amide bonds. The summed E-state index contributed by atoms with van der Waals surface area (Å²) in [5.41, 5.74) is 2.03. The van der Waals surface area contributed by atoms with E-state index in [1.54, 1.807) is 0 Å². The monoisotopic (exact) mass is 566 g/mol. The van der Waals surface area contributed by atoms with Crippen molar-refractivity contribution in [3.05, 3.63) is 60.1 Å². The standard InChI is InChI=1S/C40H54O2/c1-3-5-7-9-11-13-15-17-19-21-31-29-37-35-23-24-36-34(33(35)25-27-39(37)41-31)26-28-40-38(36)30-32(42-40)22-20-18-16-14-12-10-8-6-4-2/h23-30H,3-22H2,1-2H3. The SMILES string of the molecule is CCCCCCCCCCCc1cc2c(ccc3c2ccc2c4cc(CCCCCCCCCCC)oc4ccc23)o1. The largest absolute Gasteiger partial charge is 0.461 e. The molecular weight excluding hydrogens is 512 g/mol. The van der Waals surface area contributed by atoms with Crippen molar-refractivity contribution in [2.24, 2.45) is 0 Å². The van der Waals surface area contributed by atoms with Gasteiger partial charge in [0.1, 0.15) is 22.7 Å². The van der Waals surface area contributed by atoms with Crippen LogP contribution >= 0.6 is 0 Å². The summed E-state index contributed by atoms with van der Waals surface area (Å²) in [6.07, 6.45) is 26.5. The molecule has 0 saturated carbocycles. The van der Waals surface area contributed by atoms with E-state index >= 15 is 0 Å². The summed E-state index contributed by atoms with van der Waals surface area (Å²) in [4.78, 5) is 0. The minimum atomic E-state index is 1.01. The summed E-state index contributed by atoms with van der Waals surface area (Å²) in [5, 5.41) is 7.69. The number of unbranched alkanes of at least 4 members (excludes halogenated alkanes) is 16. The molecule has 0 saturated heterocycles. The zero-order valence-corrected chi connectivity index (χ0v) is 26.6. The van der Waals surface area contributed by atoms with E-state index in [4.69, 9.17) is 8.83 Å². The number of fused-ring (bicyclic) bond motifs is 7. The second kappa shape index (κ2) is 16.2. The van der Waals surface area contributed by atoms with Crippen molar-refractivity contribution < 1.29 is 8.83 Å². The molecule has 3 aromatic carbocycles. The third-order valence-corrected chi connectivity index (χ3v) is 9.35. The molecular formula is C40H54O2. The second-order valence-corrected chi connectivity index (χ2v) is 12.8. The Morgan fingerprint density at radius 1 is 0.357 bits per heavy atom. The molecule has 0 unspecified atom stereocenters. The molecule has 0 aliphatic carbocycles. The third kappa shape index (κ3) is 8.00. The molecule has 5 rings (SSSR count). The van der Waals surface area contributed by atoms with Crippen LogP contribution in [0.5, 0.6) is 0 Å². The van der Waals surface area contributed by atoms with Crippen molar-refractivity contribution in [2.45, 2.75) is 142 Å². The molecule has 0 bridgehead atoms. The lowest BCUT2D eigenvalue weighted by Crippen LogP contribution is -1.84. The van der Waals surface area contributed by atoms with E-state index in [1.165, 1.54) is 148 Å². The fourth-order valence-corrected chi connectivity index (χ4v) is 6.83. The van der Waals surface area contributed by atoms with Gasteiger partial charge in [-0.3, -0.25) is 0 Å². The van der Waals surface area contributed by atoms with Gasteiger partial charge in [0.2, 0.25) is 0 Å². The van der Waals surface area contributed by atoms with Gasteiger partial charge in [-0.25, -0.2) is 0 Å². The Labute approximate surface area is 254 Å². The summed E-state index contributed by atoms with van der Waals surface area (Å²) in [5.74, 6) is 2.26. The molecule has 0 atom stereocenters. The van der Waals surface area contributed by atoms with Gasteiger partial charge in [-0.1, -0.05) is 141 Å². The maximum atomic E-state index is 6.30. The Bertz CT molecular complexity index is 1400. The number of benzene rings is 3. The van der Waals surface area contributed by atoms with Crippen molar-refractivity contribution in [3.63, 3.8) is 0 Å². The number of hydrogen-bond donors (Lipinski definition) is 0. The van der Waals surface area contributed by atoms with Crippen LogP contribution in [0, 0.1) is 0 Å². The van der Waals surface area contributed by atoms with Crippen molar-refractivity contribution in [1.82, 2.24) is 0 Å². The Morgan fingerprint density at radius 3 is 1.05 bits per heavy atom. The Kier molecular flexibility index (Phi) is 11.8. The maximum Gasteiger partial charge on any atom is 0.134 e. The van der Waals surface area contributed by atoms with Crippen LogP contribution in [0.4, 0.5) is 0 Å². The zero-order chi connectivity index (χ0) is 29.0. The molecule has 0 aliphatic heterocycles. The molecule has 2 heteroatoms. The van der Waals surface area contributed by atoms with Crippen molar-refractivity contribution in [2.75, 3.05) is 0 Å². The van der Waals surface area contributed by atoms with Gasteiger partial charge in [-0.15, -0.1) is 0 Å². The van der Waals surface area contributed by atoms with E-state index in [1.807, 2.05) is 0 Å². The van der Waals surface area contributed by atoms with Gasteiger partial charge < -0.3 is 8.83 Å². The molecule has 5 aromatic rings. The predicted molar refractivity (Wildman–Crippen MR) is 183 cm³/mol. The summed E-state index contributed by atoms with van der Waals surface area (Å²) in [6.45, 7) is 4.57. The van der Waals surface area contributed by atoms with Crippen LogP contribution in [0.2, 0.25) is 0 Å². The van der Waals surface area contributed by atoms with Gasteiger partial charge >= 0.3 is 0 Å². The molecule has 2 nitrogen and oxygen atoms in total. The second-order valence-electron chi connectivity index (χ2n) is 12.8. The van der Waals surface area contributed by atoms with E-state index < -0.39 is 0 Å². The highest BCUT2D eigenvalue weighted by atomic mass is 16.3. The Morgan fingerprint density at radius 2 is 0.667 bits per heavy atom. The first kappa shape index (κ1) is 30.7. The minimum Gasteiger partial charge on any atom is -0.461 e. The molecule has 0 N–H and O–H groups in total. The molecule has 0 radical (unpaired) electrons. The molecule has 0 fully saturated rings. The van der Waals surface area contributed by atoms with Gasteiger partial charge in [-0.2, -0.15) is 0 Å². The van der Waals surface area contributed by atoms with Crippen LogP contribution in [0.15, 0.2) is 57.4 Å². The zero-order valence-electron chi connectivity index (χ0n) is 26.6. The smallest absolute Gasteiger partial charge is 0.134 e. The Balaban J connectivity index is 1.18. The average Bonchev–Trinajstić information content (AvgIpc) is 3.63. The fraction of sp³-hybridized carbons (Fsp3) is 0.550. The number of rotatable bonds is 20. The lowest BCUT2D eigenvalue weighted by Gasteiger charge is -2.05. The van der Waals surface area contributed by atoms with E-state index in [-0.39, 0.29) is 0 Å². The normalized spacial score (nSPS) is 12.0. The summed E-state index contributed by atoms with van der Waals surface area (Å²) >= 11 is 0. The number of hydrogen-bond acceptors (Lipinski definition) is 2. The number of aryl methyl sites for hydroxylation is 2. The molecule has 0 spiro atoms. The van der Waals surface area contributed by atoms with Crippen molar-refractivity contribution in [3.8, 4) is 0 Å². The quantitative estimate of drug-likeness (QED) is 0.0691. The topological polar surface area (TPSA) is 26.3 Å². The lowest BCUT2D eigenvalue weighted by molar-refractivity contribution is 0.516. The van der Waals surface area contributed by atoms with Gasteiger partial charge in [-0.05, 0) is 58.7 Å². The summed E-state index contributed by atoms with van der Waals surface area (Å²) in [7, 11) is 0. The van der Waals surface area contributed by atoms with E-state index in [9.17, 15) is 0 Å². The van der Waals surface area contributed by atoms with Crippen LogP contribution in [0.3, 0.4) is 0 Å². The van der Waals surface area contributed by atoms with E-state index in [0.717, 1.165) is 35.5 Å². The predicted octanol–water partition coefficient (Wildman–Crippen LogP) is 13.6.